The summed E-state index contributed by atoms with van der Waals surface area (Å²) in [5, 5.41) is 2.90. The predicted molar refractivity (Wildman–Crippen MR) is 72.8 cm³/mol. The minimum absolute atomic E-state index is 0.243. The van der Waals surface area contributed by atoms with E-state index in [1.54, 1.807) is 11.3 Å². The van der Waals surface area contributed by atoms with Crippen LogP contribution in [0.4, 0.5) is 0 Å². The minimum Gasteiger partial charge on any atom is -0.330 e. The number of aromatic nitrogens is 1. The molecular formula is C14H20N2OS. The van der Waals surface area contributed by atoms with Crippen molar-refractivity contribution in [1.29, 1.82) is 0 Å². The topological polar surface area (TPSA) is 56.0 Å². The number of fused-ring (bicyclic) bond motifs is 2. The third kappa shape index (κ3) is 2.36. The van der Waals surface area contributed by atoms with E-state index in [1.807, 2.05) is 5.38 Å². The Morgan fingerprint density at radius 1 is 1.44 bits per heavy atom. The summed E-state index contributed by atoms with van der Waals surface area (Å²) >= 11 is 1.56. The highest BCUT2D eigenvalue weighted by atomic mass is 32.1. The van der Waals surface area contributed by atoms with Crippen molar-refractivity contribution < 1.29 is 4.79 Å². The van der Waals surface area contributed by atoms with Crippen LogP contribution in [0, 0.1) is 17.8 Å². The minimum atomic E-state index is 0.243. The van der Waals surface area contributed by atoms with Gasteiger partial charge >= 0.3 is 0 Å². The molecule has 0 saturated heterocycles. The van der Waals surface area contributed by atoms with Gasteiger partial charge in [-0.05, 0) is 43.6 Å². The van der Waals surface area contributed by atoms with Gasteiger partial charge in [-0.3, -0.25) is 4.79 Å². The van der Waals surface area contributed by atoms with Gasteiger partial charge in [0.25, 0.3) is 0 Å². The van der Waals surface area contributed by atoms with E-state index in [9.17, 15) is 4.79 Å². The molecule has 1 aromatic heterocycles. The number of hydrogen-bond donors (Lipinski definition) is 1. The van der Waals surface area contributed by atoms with Gasteiger partial charge in [-0.1, -0.05) is 6.42 Å². The average molecular weight is 264 g/mol. The van der Waals surface area contributed by atoms with E-state index in [-0.39, 0.29) is 5.78 Å². The van der Waals surface area contributed by atoms with Crippen LogP contribution in [0.5, 0.6) is 0 Å². The number of carbonyl (C=O) groups excluding carboxylic acids is 1. The van der Waals surface area contributed by atoms with Crippen molar-refractivity contribution in [3.63, 3.8) is 0 Å². The number of nitrogens with two attached hydrogens (primary N) is 1. The summed E-state index contributed by atoms with van der Waals surface area (Å²) in [5.41, 5.74) is 6.17. The van der Waals surface area contributed by atoms with Crippen LogP contribution in [0.25, 0.3) is 0 Å². The second-order valence-electron chi connectivity index (χ2n) is 5.73. The summed E-state index contributed by atoms with van der Waals surface area (Å²) in [7, 11) is 0. The number of nitrogens with zero attached hydrogens (tertiary/aromatic N) is 1. The van der Waals surface area contributed by atoms with E-state index in [0.717, 1.165) is 23.3 Å². The predicted octanol–water partition coefficient (Wildman–Crippen LogP) is 2.65. The summed E-state index contributed by atoms with van der Waals surface area (Å²) in [6.07, 6.45) is 6.88. The van der Waals surface area contributed by atoms with E-state index in [1.165, 1.54) is 25.7 Å². The smallest absolute Gasteiger partial charge is 0.182 e. The van der Waals surface area contributed by atoms with E-state index in [0.29, 0.717) is 24.6 Å². The highest BCUT2D eigenvalue weighted by Crippen LogP contribution is 2.49. The van der Waals surface area contributed by atoms with Crippen molar-refractivity contribution in [2.24, 2.45) is 23.5 Å². The lowest BCUT2D eigenvalue weighted by Gasteiger charge is -2.20. The largest absolute Gasteiger partial charge is 0.330 e. The van der Waals surface area contributed by atoms with Gasteiger partial charge in [-0.25, -0.2) is 4.98 Å². The summed E-state index contributed by atoms with van der Waals surface area (Å²) in [4.78, 5) is 16.6. The second-order valence-corrected chi connectivity index (χ2v) is 6.67. The zero-order chi connectivity index (χ0) is 12.5. The number of hydrogen-bond acceptors (Lipinski definition) is 4. The average Bonchev–Trinajstić information content (AvgIpc) is 3.04. The fourth-order valence-corrected chi connectivity index (χ4v) is 4.46. The molecule has 3 rings (SSSR count). The van der Waals surface area contributed by atoms with Crippen molar-refractivity contribution in [1.82, 2.24) is 4.98 Å². The monoisotopic (exact) mass is 264 g/mol. The third-order valence-electron chi connectivity index (χ3n) is 4.53. The number of ketones is 1. The molecule has 3 unspecified atom stereocenters. The van der Waals surface area contributed by atoms with Crippen LogP contribution in [-0.2, 0) is 6.42 Å². The first-order chi connectivity index (χ1) is 8.76. The first-order valence-corrected chi connectivity index (χ1v) is 7.82. The molecule has 0 aliphatic heterocycles. The molecule has 2 fully saturated rings. The Balaban J connectivity index is 1.60. The van der Waals surface area contributed by atoms with Crippen molar-refractivity contribution in [2.75, 3.05) is 6.54 Å². The van der Waals surface area contributed by atoms with Crippen LogP contribution in [0.15, 0.2) is 5.38 Å². The molecule has 0 aromatic carbocycles. The molecule has 98 valence electrons. The van der Waals surface area contributed by atoms with Crippen molar-refractivity contribution >= 4 is 17.1 Å². The molecule has 0 radical (unpaired) electrons. The van der Waals surface area contributed by atoms with E-state index >= 15 is 0 Å². The highest BCUT2D eigenvalue weighted by Gasteiger charge is 2.40. The van der Waals surface area contributed by atoms with Crippen LogP contribution in [0.3, 0.4) is 0 Å². The van der Waals surface area contributed by atoms with Crippen LogP contribution < -0.4 is 5.73 Å². The maximum atomic E-state index is 12.2. The number of carbonyl (C=O) groups is 1. The number of rotatable bonds is 5. The zero-order valence-electron chi connectivity index (χ0n) is 10.6. The molecule has 3 nitrogen and oxygen atoms in total. The quantitative estimate of drug-likeness (QED) is 0.832. The van der Waals surface area contributed by atoms with Gasteiger partial charge in [0.05, 0.1) is 5.01 Å². The van der Waals surface area contributed by atoms with Gasteiger partial charge < -0.3 is 5.73 Å². The Hall–Kier alpha value is -0.740. The zero-order valence-corrected chi connectivity index (χ0v) is 11.4. The maximum Gasteiger partial charge on any atom is 0.182 e. The molecule has 2 bridgehead atoms. The van der Waals surface area contributed by atoms with E-state index < -0.39 is 0 Å². The SMILES string of the molecule is NCCc1nc(C(=O)CC2CC3CCC2C3)cs1. The van der Waals surface area contributed by atoms with Crippen LogP contribution in [0.1, 0.15) is 47.6 Å². The molecule has 1 aromatic rings. The van der Waals surface area contributed by atoms with E-state index in [4.69, 9.17) is 5.73 Å². The highest BCUT2D eigenvalue weighted by molar-refractivity contribution is 7.09. The Kier molecular flexibility index (Phi) is 3.48. The number of Topliss-reactive ketones (excluding diaryl/α,β-unsaturated/α-hetero) is 1. The third-order valence-corrected chi connectivity index (χ3v) is 5.44. The van der Waals surface area contributed by atoms with Crippen molar-refractivity contribution in [3.05, 3.63) is 16.1 Å². The molecule has 2 saturated carbocycles. The van der Waals surface area contributed by atoms with Gasteiger partial charge in [-0.15, -0.1) is 11.3 Å². The molecule has 4 heteroatoms. The standard InChI is InChI=1S/C14H20N2OS/c15-4-3-14-16-12(8-18-14)13(17)7-11-6-9-1-2-10(11)5-9/h8-11H,1-7,15H2. The van der Waals surface area contributed by atoms with Crippen LogP contribution in [0.2, 0.25) is 0 Å². The van der Waals surface area contributed by atoms with Crippen molar-refractivity contribution in [2.45, 2.75) is 38.5 Å². The van der Waals surface area contributed by atoms with Gasteiger partial charge in [0, 0.05) is 18.2 Å². The maximum absolute atomic E-state index is 12.2. The van der Waals surface area contributed by atoms with Crippen molar-refractivity contribution in [3.8, 4) is 0 Å². The molecular weight excluding hydrogens is 244 g/mol. The lowest BCUT2D eigenvalue weighted by Crippen LogP contribution is -2.15. The van der Waals surface area contributed by atoms with Crippen LogP contribution in [-0.4, -0.2) is 17.3 Å². The fourth-order valence-electron chi connectivity index (χ4n) is 3.65. The molecule has 1 heterocycles. The Bertz CT molecular complexity index is 443. The van der Waals surface area contributed by atoms with Crippen LogP contribution >= 0.6 is 11.3 Å². The molecule has 0 amide bonds. The Morgan fingerprint density at radius 3 is 3.00 bits per heavy atom. The lowest BCUT2D eigenvalue weighted by molar-refractivity contribution is 0.0940. The molecule has 0 spiro atoms. The van der Waals surface area contributed by atoms with Gasteiger partial charge in [0.2, 0.25) is 0 Å². The lowest BCUT2D eigenvalue weighted by atomic mass is 9.85. The molecule has 3 atom stereocenters. The summed E-state index contributed by atoms with van der Waals surface area (Å²) in [6.45, 7) is 0.605. The molecule has 2 N–H and O–H groups in total. The Morgan fingerprint density at radius 2 is 2.33 bits per heavy atom. The summed E-state index contributed by atoms with van der Waals surface area (Å²) in [5.74, 6) is 2.61. The normalized spacial score (nSPS) is 29.9. The second kappa shape index (κ2) is 5.10. The first-order valence-electron chi connectivity index (χ1n) is 6.94. The van der Waals surface area contributed by atoms with Gasteiger partial charge in [0.1, 0.15) is 5.69 Å². The molecule has 2 aliphatic rings. The summed E-state index contributed by atoms with van der Waals surface area (Å²) in [6, 6.07) is 0. The summed E-state index contributed by atoms with van der Waals surface area (Å²) < 4.78 is 0. The van der Waals surface area contributed by atoms with E-state index in [2.05, 4.69) is 4.98 Å². The first kappa shape index (κ1) is 12.3. The Labute approximate surface area is 112 Å². The number of thiazole rings is 1. The molecule has 18 heavy (non-hydrogen) atoms. The molecule has 2 aliphatic carbocycles. The fraction of sp³-hybridized carbons (Fsp3) is 0.714. The van der Waals surface area contributed by atoms with Gasteiger partial charge in [0.15, 0.2) is 5.78 Å². The van der Waals surface area contributed by atoms with Gasteiger partial charge in [-0.2, -0.15) is 0 Å².